The number of nitrogens with zero attached hydrogens (tertiary/aromatic N) is 1. The van der Waals surface area contributed by atoms with Crippen molar-refractivity contribution in [3.8, 4) is 11.5 Å². The maximum atomic E-state index is 14.5. The van der Waals surface area contributed by atoms with Gasteiger partial charge < -0.3 is 25.4 Å². The topological polar surface area (TPSA) is 90.9 Å². The Bertz CT molecular complexity index is 1690. The summed E-state index contributed by atoms with van der Waals surface area (Å²) in [5.41, 5.74) is 3.39. The number of phenols is 1. The van der Waals surface area contributed by atoms with Crippen LogP contribution in [0.3, 0.4) is 0 Å². The number of hydrogen-bond acceptors (Lipinski definition) is 5. The molecule has 6 rings (SSSR count). The molecule has 4 aromatic rings. The van der Waals surface area contributed by atoms with E-state index in [2.05, 4.69) is 56.9 Å². The van der Waals surface area contributed by atoms with Gasteiger partial charge in [0.15, 0.2) is 0 Å². The number of hydrogen-bond donors (Lipinski definition) is 3. The zero-order valence-corrected chi connectivity index (χ0v) is 27.2. The molecule has 1 aliphatic carbocycles. The molecule has 1 saturated carbocycles. The van der Waals surface area contributed by atoms with Gasteiger partial charge in [0.2, 0.25) is 5.91 Å². The Morgan fingerprint density at radius 3 is 2.62 bits per heavy atom. The SMILES string of the molecule is COc1ccc2cc(Br)ccc2c1CN1C(=O)[C@H](CCC(CNC(=O)c2ccccc2O)NC2CCC2)CCc2ccccc21. The molecule has 0 saturated heterocycles. The van der Waals surface area contributed by atoms with Gasteiger partial charge in [-0.25, -0.2) is 0 Å². The van der Waals surface area contributed by atoms with Gasteiger partial charge in [-0.05, 0) is 91.3 Å². The van der Waals surface area contributed by atoms with Crippen molar-refractivity contribution in [2.75, 3.05) is 18.6 Å². The van der Waals surface area contributed by atoms with Gasteiger partial charge in [-0.2, -0.15) is 0 Å². The number of amides is 2. The summed E-state index contributed by atoms with van der Waals surface area (Å²) in [7, 11) is 1.68. The van der Waals surface area contributed by atoms with Crippen LogP contribution in [0, 0.1) is 5.92 Å². The second-order valence-electron chi connectivity index (χ2n) is 12.2. The quantitative estimate of drug-likeness (QED) is 0.158. The fraction of sp³-hybridized carbons (Fsp3) is 0.351. The van der Waals surface area contributed by atoms with Gasteiger partial charge in [-0.1, -0.05) is 64.8 Å². The molecule has 0 radical (unpaired) electrons. The minimum atomic E-state index is -0.295. The number of ether oxygens (including phenoxy) is 1. The van der Waals surface area contributed by atoms with Crippen LogP contribution in [-0.2, 0) is 17.8 Å². The van der Waals surface area contributed by atoms with Crippen molar-refractivity contribution in [3.05, 3.63) is 100 Å². The zero-order valence-electron chi connectivity index (χ0n) is 25.6. The lowest BCUT2D eigenvalue weighted by atomic mass is 9.90. The normalized spacial score (nSPS) is 17.3. The molecular weight excluding hydrogens is 630 g/mol. The highest BCUT2D eigenvalue weighted by Gasteiger charge is 2.32. The number of aromatic hydroxyl groups is 1. The molecule has 2 aliphatic rings. The van der Waals surface area contributed by atoms with E-state index in [-0.39, 0.29) is 35.1 Å². The van der Waals surface area contributed by atoms with E-state index in [1.165, 1.54) is 18.1 Å². The van der Waals surface area contributed by atoms with Crippen LogP contribution in [0.1, 0.15) is 60.0 Å². The summed E-state index contributed by atoms with van der Waals surface area (Å²) < 4.78 is 6.82. The van der Waals surface area contributed by atoms with Gasteiger partial charge in [0.25, 0.3) is 5.91 Å². The molecule has 0 spiro atoms. The van der Waals surface area contributed by atoms with Crippen LogP contribution in [0.2, 0.25) is 0 Å². The summed E-state index contributed by atoms with van der Waals surface area (Å²) in [6.07, 6.45) is 6.51. The Labute approximate surface area is 273 Å². The highest BCUT2D eigenvalue weighted by molar-refractivity contribution is 9.10. The molecule has 1 unspecified atom stereocenters. The van der Waals surface area contributed by atoms with Crippen LogP contribution in [0.15, 0.2) is 83.3 Å². The first kappa shape index (κ1) is 31.1. The minimum absolute atomic E-state index is 0.0218. The number of aryl methyl sites for hydroxylation is 1. The Balaban J connectivity index is 1.22. The van der Waals surface area contributed by atoms with Gasteiger partial charge in [0.1, 0.15) is 11.5 Å². The first-order valence-electron chi connectivity index (χ1n) is 15.9. The van der Waals surface area contributed by atoms with Crippen molar-refractivity contribution in [2.45, 2.75) is 63.6 Å². The molecular formula is C37H40BrN3O4. The van der Waals surface area contributed by atoms with Crippen LogP contribution < -0.4 is 20.3 Å². The van der Waals surface area contributed by atoms with Gasteiger partial charge >= 0.3 is 0 Å². The molecule has 3 N–H and O–H groups in total. The monoisotopic (exact) mass is 669 g/mol. The average Bonchev–Trinajstić information content (AvgIpc) is 3.15. The molecule has 8 heteroatoms. The zero-order chi connectivity index (χ0) is 31.3. The summed E-state index contributed by atoms with van der Waals surface area (Å²) in [5, 5.41) is 19.0. The number of carbonyl (C=O) groups excluding carboxylic acids is 2. The second kappa shape index (κ2) is 14.0. The third-order valence-electron chi connectivity index (χ3n) is 9.34. The average molecular weight is 671 g/mol. The van der Waals surface area contributed by atoms with Crippen molar-refractivity contribution in [1.29, 1.82) is 0 Å². The van der Waals surface area contributed by atoms with E-state index >= 15 is 0 Å². The van der Waals surface area contributed by atoms with Gasteiger partial charge in [-0.3, -0.25) is 9.59 Å². The number of benzene rings is 4. The molecule has 0 bridgehead atoms. The maximum absolute atomic E-state index is 14.5. The molecule has 7 nitrogen and oxygen atoms in total. The number of nitrogens with one attached hydrogen (secondary N) is 2. The highest BCUT2D eigenvalue weighted by atomic mass is 79.9. The van der Waals surface area contributed by atoms with Gasteiger partial charge in [0.05, 0.1) is 19.2 Å². The largest absolute Gasteiger partial charge is 0.507 e. The summed E-state index contributed by atoms with van der Waals surface area (Å²) in [6, 6.07) is 25.5. The number of rotatable bonds is 11. The fourth-order valence-corrected chi connectivity index (χ4v) is 6.98. The predicted octanol–water partition coefficient (Wildman–Crippen LogP) is 7.13. The molecule has 4 aromatic carbocycles. The van der Waals surface area contributed by atoms with E-state index in [4.69, 9.17) is 4.74 Å². The Morgan fingerprint density at radius 2 is 1.84 bits per heavy atom. The van der Waals surface area contributed by atoms with E-state index in [9.17, 15) is 14.7 Å². The van der Waals surface area contributed by atoms with Gasteiger partial charge in [0, 0.05) is 40.3 Å². The van der Waals surface area contributed by atoms with Crippen molar-refractivity contribution >= 4 is 44.2 Å². The van der Waals surface area contributed by atoms with Crippen LogP contribution in [0.4, 0.5) is 5.69 Å². The number of fused-ring (bicyclic) bond motifs is 2. The molecule has 234 valence electrons. The minimum Gasteiger partial charge on any atom is -0.507 e. The molecule has 0 aromatic heterocycles. The van der Waals surface area contributed by atoms with E-state index in [0.717, 1.165) is 64.3 Å². The number of para-hydroxylation sites is 2. The van der Waals surface area contributed by atoms with Crippen LogP contribution in [0.5, 0.6) is 11.5 Å². The molecule has 2 atom stereocenters. The number of carbonyl (C=O) groups is 2. The molecule has 2 amide bonds. The van der Waals surface area contributed by atoms with E-state index in [1.54, 1.807) is 25.3 Å². The lowest BCUT2D eigenvalue weighted by Crippen LogP contribution is -2.48. The standard InChI is InChI=1S/C37H40BrN3O4/c1-45-35-20-16-26-21-27(38)17-19-30(26)32(35)23-41-33-11-4-2-7-24(33)13-14-25(37(41)44)15-18-29(40-28-8-6-9-28)22-39-36(43)31-10-3-5-12-34(31)42/h2-5,7,10-12,16-17,19-21,25,28-29,40,42H,6,8-9,13-15,18,22-23H2,1H3,(H,39,43)/t25-,29?/m0/s1. The Hall–Kier alpha value is -3.88. The number of methoxy groups -OCH3 is 1. The maximum Gasteiger partial charge on any atom is 0.255 e. The van der Waals surface area contributed by atoms with Crippen molar-refractivity contribution < 1.29 is 19.4 Å². The highest BCUT2D eigenvalue weighted by Crippen LogP contribution is 2.37. The number of halogens is 1. The lowest BCUT2D eigenvalue weighted by Gasteiger charge is -2.33. The fourth-order valence-electron chi connectivity index (χ4n) is 6.60. The molecule has 1 aliphatic heterocycles. The first-order valence-corrected chi connectivity index (χ1v) is 16.7. The Morgan fingerprint density at radius 1 is 1.04 bits per heavy atom. The van der Waals surface area contributed by atoms with E-state index < -0.39 is 0 Å². The van der Waals surface area contributed by atoms with Crippen molar-refractivity contribution in [1.82, 2.24) is 10.6 Å². The lowest BCUT2D eigenvalue weighted by molar-refractivity contribution is -0.122. The van der Waals surface area contributed by atoms with E-state index in [1.807, 2.05) is 29.2 Å². The number of phenolic OH excluding ortho intramolecular Hbond substituents is 1. The van der Waals surface area contributed by atoms with Crippen LogP contribution >= 0.6 is 15.9 Å². The summed E-state index contributed by atoms with van der Waals surface area (Å²) >= 11 is 3.59. The summed E-state index contributed by atoms with van der Waals surface area (Å²) in [4.78, 5) is 29.3. The molecule has 1 fully saturated rings. The Kier molecular flexibility index (Phi) is 9.71. The van der Waals surface area contributed by atoms with Gasteiger partial charge in [-0.15, -0.1) is 0 Å². The summed E-state index contributed by atoms with van der Waals surface area (Å²) in [6.45, 7) is 0.839. The molecule has 45 heavy (non-hydrogen) atoms. The van der Waals surface area contributed by atoms with Crippen LogP contribution in [0.25, 0.3) is 10.8 Å². The smallest absolute Gasteiger partial charge is 0.255 e. The van der Waals surface area contributed by atoms with Crippen LogP contribution in [-0.4, -0.2) is 42.7 Å². The predicted molar refractivity (Wildman–Crippen MR) is 182 cm³/mol. The first-order chi connectivity index (χ1) is 21.9. The van der Waals surface area contributed by atoms with Crippen molar-refractivity contribution in [3.63, 3.8) is 0 Å². The summed E-state index contributed by atoms with van der Waals surface area (Å²) in [5.74, 6) is 0.402. The second-order valence-corrected chi connectivity index (χ2v) is 13.1. The van der Waals surface area contributed by atoms with Crippen molar-refractivity contribution in [2.24, 2.45) is 5.92 Å². The third-order valence-corrected chi connectivity index (χ3v) is 9.84. The van der Waals surface area contributed by atoms with E-state index in [0.29, 0.717) is 25.6 Å². The number of anilines is 1. The third kappa shape index (κ3) is 7.02. The molecule has 1 heterocycles.